The molecule has 0 radical (unpaired) electrons. The van der Waals surface area contributed by atoms with Gasteiger partial charge in [-0.25, -0.2) is 4.98 Å². The van der Waals surface area contributed by atoms with Crippen molar-refractivity contribution >= 4 is 22.4 Å². The monoisotopic (exact) mass is 282 g/mol. The zero-order chi connectivity index (χ0) is 13.7. The number of carboxylic acid groups (broad SMARTS) is 1. The highest BCUT2D eigenvalue weighted by molar-refractivity contribution is 7.13. The summed E-state index contributed by atoms with van der Waals surface area (Å²) < 4.78 is 0. The largest absolute Gasteiger partial charge is 0.481 e. The molecule has 1 aromatic rings. The van der Waals surface area contributed by atoms with Gasteiger partial charge in [-0.3, -0.25) is 4.79 Å². The molecular weight excluding hydrogens is 260 g/mol. The van der Waals surface area contributed by atoms with Crippen LogP contribution in [0.25, 0.3) is 0 Å². The van der Waals surface area contributed by atoms with E-state index in [0.717, 1.165) is 16.7 Å². The smallest absolute Gasteiger partial charge is 0.303 e. The number of rotatable bonds is 6. The Bertz CT molecular complexity index is 413. The van der Waals surface area contributed by atoms with E-state index in [2.05, 4.69) is 17.2 Å². The van der Waals surface area contributed by atoms with Crippen LogP contribution in [0.2, 0.25) is 0 Å². The second-order valence-electron chi connectivity index (χ2n) is 5.37. The van der Waals surface area contributed by atoms with E-state index < -0.39 is 5.97 Å². The molecule has 19 heavy (non-hydrogen) atoms. The number of hydrogen-bond acceptors (Lipinski definition) is 4. The first-order chi connectivity index (χ1) is 9.15. The van der Waals surface area contributed by atoms with Gasteiger partial charge in [-0.15, -0.1) is 11.3 Å². The summed E-state index contributed by atoms with van der Waals surface area (Å²) in [6.45, 7) is 2.23. The van der Waals surface area contributed by atoms with Crippen molar-refractivity contribution in [1.29, 1.82) is 0 Å². The van der Waals surface area contributed by atoms with Gasteiger partial charge in [0.25, 0.3) is 0 Å². The molecule has 0 bridgehead atoms. The molecule has 2 rings (SSSR count). The lowest BCUT2D eigenvalue weighted by Crippen LogP contribution is -2.27. The molecule has 1 fully saturated rings. The van der Waals surface area contributed by atoms with Crippen LogP contribution in [-0.4, -0.2) is 22.1 Å². The van der Waals surface area contributed by atoms with Crippen LogP contribution in [0.1, 0.15) is 51.1 Å². The fourth-order valence-corrected chi connectivity index (χ4v) is 3.51. The van der Waals surface area contributed by atoms with E-state index >= 15 is 0 Å². The molecule has 0 aromatic carbocycles. The maximum absolute atomic E-state index is 10.5. The van der Waals surface area contributed by atoms with Gasteiger partial charge < -0.3 is 10.4 Å². The molecular formula is C14H22N2O2S. The molecule has 1 atom stereocenters. The Hall–Kier alpha value is -1.10. The second kappa shape index (κ2) is 6.89. The fourth-order valence-electron chi connectivity index (χ4n) is 2.67. The third kappa shape index (κ3) is 4.49. The van der Waals surface area contributed by atoms with Crippen LogP contribution in [0, 0.1) is 5.92 Å². The van der Waals surface area contributed by atoms with Crippen molar-refractivity contribution in [3.05, 3.63) is 11.1 Å². The van der Waals surface area contributed by atoms with Crippen LogP contribution >= 0.6 is 11.3 Å². The van der Waals surface area contributed by atoms with Gasteiger partial charge in [-0.1, -0.05) is 19.3 Å². The van der Waals surface area contributed by atoms with Gasteiger partial charge in [0.1, 0.15) is 0 Å². The Morgan fingerprint density at radius 1 is 1.53 bits per heavy atom. The molecule has 0 amide bonds. The lowest BCUT2D eigenvalue weighted by Gasteiger charge is -2.28. The summed E-state index contributed by atoms with van der Waals surface area (Å²) >= 11 is 1.58. The van der Waals surface area contributed by atoms with Gasteiger partial charge in [0.15, 0.2) is 5.13 Å². The maximum Gasteiger partial charge on any atom is 0.303 e. The molecule has 0 aliphatic heterocycles. The summed E-state index contributed by atoms with van der Waals surface area (Å²) in [7, 11) is 0. The standard InChI is InChI=1S/C14H22N2O2S/c1-10(11-5-3-2-4-6-11)15-14-16-12(9-19-14)7-8-13(17)18/h9-11H,2-8H2,1H3,(H,15,16)(H,17,18). The zero-order valence-electron chi connectivity index (χ0n) is 11.4. The third-order valence-corrected chi connectivity index (χ3v) is 4.68. The molecule has 1 aliphatic rings. The highest BCUT2D eigenvalue weighted by Crippen LogP contribution is 2.28. The molecule has 0 spiro atoms. The predicted molar refractivity (Wildman–Crippen MR) is 77.7 cm³/mol. The van der Waals surface area contributed by atoms with Crippen molar-refractivity contribution in [3.8, 4) is 0 Å². The van der Waals surface area contributed by atoms with Crippen LogP contribution < -0.4 is 5.32 Å². The summed E-state index contributed by atoms with van der Waals surface area (Å²) in [5, 5.41) is 15.0. The van der Waals surface area contributed by atoms with E-state index in [4.69, 9.17) is 5.11 Å². The van der Waals surface area contributed by atoms with Gasteiger partial charge in [0.05, 0.1) is 12.1 Å². The summed E-state index contributed by atoms with van der Waals surface area (Å²) in [6, 6.07) is 0.457. The minimum Gasteiger partial charge on any atom is -0.481 e. The normalized spacial score (nSPS) is 18.2. The molecule has 1 saturated carbocycles. The molecule has 0 saturated heterocycles. The molecule has 4 nitrogen and oxygen atoms in total. The first-order valence-corrected chi connectivity index (χ1v) is 7.96. The Morgan fingerprint density at radius 2 is 2.26 bits per heavy atom. The minimum absolute atomic E-state index is 0.154. The fraction of sp³-hybridized carbons (Fsp3) is 0.714. The Labute approximate surface area is 118 Å². The van der Waals surface area contributed by atoms with Crippen LogP contribution in [0.3, 0.4) is 0 Å². The van der Waals surface area contributed by atoms with E-state index in [1.54, 1.807) is 11.3 Å². The van der Waals surface area contributed by atoms with Crippen LogP contribution in [0.4, 0.5) is 5.13 Å². The minimum atomic E-state index is -0.766. The van der Waals surface area contributed by atoms with Crippen LogP contribution in [0.5, 0.6) is 0 Å². The number of aliphatic carboxylic acids is 1. The van der Waals surface area contributed by atoms with Crippen molar-refractivity contribution in [3.63, 3.8) is 0 Å². The molecule has 1 heterocycles. The number of carbonyl (C=O) groups is 1. The number of carboxylic acids is 1. The second-order valence-corrected chi connectivity index (χ2v) is 6.23. The van der Waals surface area contributed by atoms with E-state index in [-0.39, 0.29) is 6.42 Å². The van der Waals surface area contributed by atoms with E-state index in [0.29, 0.717) is 12.5 Å². The van der Waals surface area contributed by atoms with Gasteiger partial charge in [-0.05, 0) is 25.7 Å². The Kier molecular flexibility index (Phi) is 5.19. The Balaban J connectivity index is 1.83. The van der Waals surface area contributed by atoms with Crippen molar-refractivity contribution < 1.29 is 9.90 Å². The summed E-state index contributed by atoms with van der Waals surface area (Å²) in [4.78, 5) is 15.0. The SMILES string of the molecule is CC(Nc1nc(CCC(=O)O)cs1)C1CCCCC1. The van der Waals surface area contributed by atoms with Gasteiger partial charge in [-0.2, -0.15) is 0 Å². The zero-order valence-corrected chi connectivity index (χ0v) is 12.2. The van der Waals surface area contributed by atoms with Crippen molar-refractivity contribution in [2.45, 2.75) is 57.9 Å². The first kappa shape index (κ1) is 14.3. The first-order valence-electron chi connectivity index (χ1n) is 7.08. The van der Waals surface area contributed by atoms with Crippen LogP contribution in [-0.2, 0) is 11.2 Å². The average Bonchev–Trinajstić information content (AvgIpc) is 2.85. The maximum atomic E-state index is 10.5. The van der Waals surface area contributed by atoms with E-state index in [9.17, 15) is 4.79 Å². The third-order valence-electron chi connectivity index (χ3n) is 3.85. The summed E-state index contributed by atoms with van der Waals surface area (Å²) in [5.74, 6) is -0.0156. The highest BCUT2D eigenvalue weighted by atomic mass is 32.1. The Morgan fingerprint density at radius 3 is 2.95 bits per heavy atom. The molecule has 1 aliphatic carbocycles. The van der Waals surface area contributed by atoms with Gasteiger partial charge in [0.2, 0.25) is 0 Å². The molecule has 106 valence electrons. The number of hydrogen-bond donors (Lipinski definition) is 2. The summed E-state index contributed by atoms with van der Waals surface area (Å²) in [5.41, 5.74) is 0.880. The average molecular weight is 282 g/mol. The quantitative estimate of drug-likeness (QED) is 0.837. The van der Waals surface area contributed by atoms with Crippen molar-refractivity contribution in [1.82, 2.24) is 4.98 Å². The number of nitrogens with one attached hydrogen (secondary N) is 1. The molecule has 2 N–H and O–H groups in total. The van der Waals surface area contributed by atoms with E-state index in [1.807, 2.05) is 5.38 Å². The van der Waals surface area contributed by atoms with Gasteiger partial charge >= 0.3 is 5.97 Å². The molecule has 1 unspecified atom stereocenters. The topological polar surface area (TPSA) is 62.2 Å². The number of aromatic nitrogens is 1. The number of nitrogens with zero attached hydrogens (tertiary/aromatic N) is 1. The lowest BCUT2D eigenvalue weighted by atomic mass is 9.85. The van der Waals surface area contributed by atoms with Crippen molar-refractivity contribution in [2.24, 2.45) is 5.92 Å². The molecule has 1 aromatic heterocycles. The highest BCUT2D eigenvalue weighted by Gasteiger charge is 2.20. The predicted octanol–water partition coefficient (Wildman–Crippen LogP) is 3.54. The lowest BCUT2D eigenvalue weighted by molar-refractivity contribution is -0.136. The van der Waals surface area contributed by atoms with Gasteiger partial charge in [0, 0.05) is 17.8 Å². The summed E-state index contributed by atoms with van der Waals surface area (Å²) in [6.07, 6.45) is 7.36. The molecule has 5 heteroatoms. The number of thiazole rings is 1. The van der Waals surface area contributed by atoms with Crippen molar-refractivity contribution in [2.75, 3.05) is 5.32 Å². The number of anilines is 1. The number of aryl methyl sites for hydroxylation is 1. The van der Waals surface area contributed by atoms with Crippen LogP contribution in [0.15, 0.2) is 5.38 Å². The van der Waals surface area contributed by atoms with E-state index in [1.165, 1.54) is 32.1 Å².